The maximum Gasteiger partial charge on any atom is 0.274 e. The van der Waals surface area contributed by atoms with Crippen LogP contribution in [0.3, 0.4) is 0 Å². The van der Waals surface area contributed by atoms with E-state index < -0.39 is 10.8 Å². The standard InChI is InChI=1S/C19H18ClN3O4/c1-11-6-7-14(9-15(11)20)22-10-13(8-18(22)24)19(25)21-16-4-3-5-17(12(16)2)23(26)27/h3-7,9,13H,8,10H2,1-2H3,(H,21,25)/t13-/m0/s1. The van der Waals surface area contributed by atoms with Gasteiger partial charge < -0.3 is 10.2 Å². The zero-order valence-electron chi connectivity index (χ0n) is 14.9. The van der Waals surface area contributed by atoms with E-state index in [0.29, 0.717) is 22.0 Å². The van der Waals surface area contributed by atoms with Gasteiger partial charge in [0.1, 0.15) is 0 Å². The summed E-state index contributed by atoms with van der Waals surface area (Å²) in [5.41, 5.74) is 2.24. The lowest BCUT2D eigenvalue weighted by Crippen LogP contribution is -2.28. The first-order chi connectivity index (χ1) is 12.8. The van der Waals surface area contributed by atoms with Crippen molar-refractivity contribution >= 4 is 40.5 Å². The van der Waals surface area contributed by atoms with Crippen LogP contribution in [-0.4, -0.2) is 23.3 Å². The minimum Gasteiger partial charge on any atom is -0.325 e. The Balaban J connectivity index is 1.75. The highest BCUT2D eigenvalue weighted by Gasteiger charge is 2.35. The normalized spacial score (nSPS) is 16.5. The van der Waals surface area contributed by atoms with Crippen molar-refractivity contribution in [2.75, 3.05) is 16.8 Å². The average Bonchev–Trinajstić information content (AvgIpc) is 3.01. The molecule has 0 radical (unpaired) electrons. The number of halogens is 1. The summed E-state index contributed by atoms with van der Waals surface area (Å²) in [6.45, 7) is 3.68. The van der Waals surface area contributed by atoms with Crippen molar-refractivity contribution in [1.29, 1.82) is 0 Å². The van der Waals surface area contributed by atoms with Crippen LogP contribution in [0.25, 0.3) is 0 Å². The van der Waals surface area contributed by atoms with Gasteiger partial charge in [-0.25, -0.2) is 0 Å². The monoisotopic (exact) mass is 387 g/mol. The Morgan fingerprint density at radius 2 is 2.04 bits per heavy atom. The molecule has 1 fully saturated rings. The van der Waals surface area contributed by atoms with E-state index in [0.717, 1.165) is 5.56 Å². The molecule has 1 aliphatic rings. The van der Waals surface area contributed by atoms with Gasteiger partial charge in [0.05, 0.1) is 22.1 Å². The summed E-state index contributed by atoms with van der Waals surface area (Å²) in [5.74, 6) is -1.05. The van der Waals surface area contributed by atoms with Crippen LogP contribution in [0.5, 0.6) is 0 Å². The predicted molar refractivity (Wildman–Crippen MR) is 103 cm³/mol. The summed E-state index contributed by atoms with van der Waals surface area (Å²) in [5, 5.41) is 14.3. The quantitative estimate of drug-likeness (QED) is 0.636. The first kappa shape index (κ1) is 18.8. The van der Waals surface area contributed by atoms with E-state index in [1.165, 1.54) is 17.0 Å². The Kier molecular flexibility index (Phi) is 5.14. The van der Waals surface area contributed by atoms with Crippen molar-refractivity contribution < 1.29 is 14.5 Å². The van der Waals surface area contributed by atoms with Gasteiger partial charge in [-0.1, -0.05) is 23.7 Å². The van der Waals surface area contributed by atoms with Crippen molar-refractivity contribution in [1.82, 2.24) is 0 Å². The molecule has 0 spiro atoms. The Bertz CT molecular complexity index is 945. The number of anilines is 2. The van der Waals surface area contributed by atoms with Gasteiger partial charge in [-0.15, -0.1) is 0 Å². The highest BCUT2D eigenvalue weighted by atomic mass is 35.5. The second-order valence-electron chi connectivity index (χ2n) is 6.53. The molecule has 0 aliphatic carbocycles. The highest BCUT2D eigenvalue weighted by molar-refractivity contribution is 6.31. The number of benzene rings is 2. The minimum absolute atomic E-state index is 0.0637. The number of nitro groups is 1. The SMILES string of the molecule is Cc1ccc(N2C[C@@H](C(=O)Nc3cccc([N+](=O)[O-])c3C)CC2=O)cc1Cl. The topological polar surface area (TPSA) is 92.6 Å². The van der Waals surface area contributed by atoms with Gasteiger partial charge in [-0.3, -0.25) is 19.7 Å². The van der Waals surface area contributed by atoms with E-state index >= 15 is 0 Å². The van der Waals surface area contributed by atoms with Gasteiger partial charge in [0.2, 0.25) is 11.8 Å². The molecule has 0 bridgehead atoms. The van der Waals surface area contributed by atoms with Gasteiger partial charge in [-0.2, -0.15) is 0 Å². The number of hydrogen-bond donors (Lipinski definition) is 1. The summed E-state index contributed by atoms with van der Waals surface area (Å²) >= 11 is 6.13. The van der Waals surface area contributed by atoms with Crippen LogP contribution in [0.2, 0.25) is 5.02 Å². The molecule has 2 amide bonds. The molecule has 1 saturated heterocycles. The molecule has 1 atom stereocenters. The van der Waals surface area contributed by atoms with E-state index in [1.54, 1.807) is 25.1 Å². The Hall–Kier alpha value is -2.93. The van der Waals surface area contributed by atoms with E-state index in [2.05, 4.69) is 5.32 Å². The van der Waals surface area contributed by atoms with Crippen molar-refractivity contribution in [3.8, 4) is 0 Å². The molecule has 3 rings (SSSR count). The second kappa shape index (κ2) is 7.36. The Morgan fingerprint density at radius 3 is 2.70 bits per heavy atom. The largest absolute Gasteiger partial charge is 0.325 e. The van der Waals surface area contributed by atoms with E-state index in [9.17, 15) is 19.7 Å². The molecule has 0 aromatic heterocycles. The lowest BCUT2D eigenvalue weighted by atomic mass is 10.1. The fourth-order valence-electron chi connectivity index (χ4n) is 3.07. The molecule has 1 N–H and O–H groups in total. The molecular weight excluding hydrogens is 370 g/mol. The third-order valence-corrected chi connectivity index (χ3v) is 5.13. The van der Waals surface area contributed by atoms with Crippen LogP contribution >= 0.6 is 11.6 Å². The van der Waals surface area contributed by atoms with Gasteiger partial charge in [0.15, 0.2) is 0 Å². The number of carbonyl (C=O) groups excluding carboxylic acids is 2. The number of nitrogens with zero attached hydrogens (tertiary/aromatic N) is 2. The fraction of sp³-hybridized carbons (Fsp3) is 0.263. The number of nitro benzene ring substituents is 1. The molecule has 27 heavy (non-hydrogen) atoms. The number of carbonyl (C=O) groups is 2. The zero-order chi connectivity index (χ0) is 19.7. The molecule has 2 aromatic carbocycles. The first-order valence-electron chi connectivity index (χ1n) is 8.39. The average molecular weight is 388 g/mol. The number of amides is 2. The summed E-state index contributed by atoms with van der Waals surface area (Å²) in [6, 6.07) is 9.83. The molecular formula is C19H18ClN3O4. The Morgan fingerprint density at radius 1 is 1.30 bits per heavy atom. The maximum absolute atomic E-state index is 12.6. The van der Waals surface area contributed by atoms with E-state index in [-0.39, 0.29) is 30.5 Å². The van der Waals surface area contributed by atoms with Gasteiger partial charge in [0, 0.05) is 29.7 Å². The van der Waals surface area contributed by atoms with Crippen molar-refractivity contribution in [2.24, 2.45) is 5.92 Å². The van der Waals surface area contributed by atoms with Crippen LogP contribution in [0.1, 0.15) is 17.5 Å². The van der Waals surface area contributed by atoms with E-state index in [4.69, 9.17) is 11.6 Å². The molecule has 1 aliphatic heterocycles. The summed E-state index contributed by atoms with van der Waals surface area (Å²) in [4.78, 5) is 37.1. The van der Waals surface area contributed by atoms with Crippen molar-refractivity contribution in [3.05, 3.63) is 62.7 Å². The Labute approximate surface area is 161 Å². The lowest BCUT2D eigenvalue weighted by Gasteiger charge is -2.18. The summed E-state index contributed by atoms with van der Waals surface area (Å²) in [7, 11) is 0. The van der Waals surface area contributed by atoms with Crippen molar-refractivity contribution in [3.63, 3.8) is 0 Å². The summed E-state index contributed by atoms with van der Waals surface area (Å²) < 4.78 is 0. The third kappa shape index (κ3) is 3.78. The molecule has 2 aromatic rings. The van der Waals surface area contributed by atoms with Crippen molar-refractivity contribution in [2.45, 2.75) is 20.3 Å². The number of hydrogen-bond acceptors (Lipinski definition) is 4. The molecule has 140 valence electrons. The molecule has 1 heterocycles. The van der Waals surface area contributed by atoms with Crippen LogP contribution < -0.4 is 10.2 Å². The van der Waals surface area contributed by atoms with Crippen LogP contribution in [0.15, 0.2) is 36.4 Å². The number of aryl methyl sites for hydroxylation is 1. The predicted octanol–water partition coefficient (Wildman–Crippen LogP) is 3.86. The molecule has 7 nitrogen and oxygen atoms in total. The highest BCUT2D eigenvalue weighted by Crippen LogP contribution is 2.30. The molecule has 0 unspecified atom stereocenters. The first-order valence-corrected chi connectivity index (χ1v) is 8.77. The van der Waals surface area contributed by atoms with Gasteiger partial charge in [-0.05, 0) is 37.6 Å². The van der Waals surface area contributed by atoms with Gasteiger partial charge in [0.25, 0.3) is 5.69 Å². The third-order valence-electron chi connectivity index (χ3n) is 4.72. The maximum atomic E-state index is 12.6. The second-order valence-corrected chi connectivity index (χ2v) is 6.94. The molecule has 0 saturated carbocycles. The van der Waals surface area contributed by atoms with E-state index in [1.807, 2.05) is 13.0 Å². The van der Waals surface area contributed by atoms with Gasteiger partial charge >= 0.3 is 0 Å². The van der Waals surface area contributed by atoms with Crippen LogP contribution in [0, 0.1) is 29.9 Å². The lowest BCUT2D eigenvalue weighted by molar-refractivity contribution is -0.385. The smallest absolute Gasteiger partial charge is 0.274 e. The van der Waals surface area contributed by atoms with Crippen LogP contribution in [-0.2, 0) is 9.59 Å². The van der Waals surface area contributed by atoms with Crippen LogP contribution in [0.4, 0.5) is 17.1 Å². The summed E-state index contributed by atoms with van der Waals surface area (Å²) in [6.07, 6.45) is 0.0747. The number of nitrogens with one attached hydrogen (secondary N) is 1. The molecule has 8 heteroatoms. The zero-order valence-corrected chi connectivity index (χ0v) is 15.6. The fourth-order valence-corrected chi connectivity index (χ4v) is 3.25. The number of rotatable bonds is 4. The minimum atomic E-state index is -0.545.